The number of hydrogen-bond acceptors (Lipinski definition) is 4. The molecule has 0 saturated carbocycles. The molecule has 0 saturated heterocycles. The van der Waals surface area contributed by atoms with E-state index >= 15 is 0 Å². The molecule has 0 radical (unpaired) electrons. The second kappa shape index (κ2) is 5.98. The van der Waals surface area contributed by atoms with Gasteiger partial charge < -0.3 is 4.74 Å². The fourth-order valence-electron chi connectivity index (χ4n) is 1.60. The van der Waals surface area contributed by atoms with E-state index in [1.807, 2.05) is 0 Å². The van der Waals surface area contributed by atoms with Gasteiger partial charge in [0.15, 0.2) is 0 Å². The number of hydrogen-bond donors (Lipinski definition) is 0. The molecule has 0 aliphatic rings. The van der Waals surface area contributed by atoms with Gasteiger partial charge in [-0.25, -0.2) is 13.2 Å². The van der Waals surface area contributed by atoms with Crippen LogP contribution < -0.4 is 4.31 Å². The van der Waals surface area contributed by atoms with Crippen LogP contribution in [0.1, 0.15) is 6.92 Å². The smallest absolute Gasteiger partial charge is 0.329 e. The van der Waals surface area contributed by atoms with Crippen molar-refractivity contribution < 1.29 is 17.9 Å². The molecule has 0 heterocycles. The number of anilines is 1. The van der Waals surface area contributed by atoms with Crippen molar-refractivity contribution in [3.63, 3.8) is 0 Å². The second-order valence-corrected chi connectivity index (χ2v) is 6.56. The summed E-state index contributed by atoms with van der Waals surface area (Å²) >= 11 is 11.8. The Bertz CT molecular complexity index is 588. The summed E-state index contributed by atoms with van der Waals surface area (Å²) in [6.07, 6.45) is 0.976. The molecular formula is C11H13Cl2NO4S. The number of carbonyl (C=O) groups excluding carboxylic acids is 1. The van der Waals surface area contributed by atoms with E-state index in [0.29, 0.717) is 5.02 Å². The van der Waals surface area contributed by atoms with Gasteiger partial charge in [0.25, 0.3) is 0 Å². The molecule has 0 bridgehead atoms. The molecule has 0 aliphatic heterocycles. The van der Waals surface area contributed by atoms with E-state index in [-0.39, 0.29) is 10.7 Å². The number of carbonyl (C=O) groups is 1. The van der Waals surface area contributed by atoms with E-state index in [2.05, 4.69) is 4.74 Å². The molecule has 8 heteroatoms. The molecule has 106 valence electrons. The van der Waals surface area contributed by atoms with Gasteiger partial charge in [0, 0.05) is 5.02 Å². The van der Waals surface area contributed by atoms with Crippen molar-refractivity contribution in [2.24, 2.45) is 0 Å². The molecule has 1 atom stereocenters. The third-order valence-corrected chi connectivity index (χ3v) is 4.18. The van der Waals surface area contributed by atoms with E-state index in [9.17, 15) is 13.2 Å². The number of sulfonamides is 1. The number of benzene rings is 1. The van der Waals surface area contributed by atoms with Crippen LogP contribution in [-0.2, 0) is 19.6 Å². The van der Waals surface area contributed by atoms with Crippen LogP contribution in [0.15, 0.2) is 18.2 Å². The highest BCUT2D eigenvalue weighted by atomic mass is 35.5. The fraction of sp³-hybridized carbons (Fsp3) is 0.364. The summed E-state index contributed by atoms with van der Waals surface area (Å²) < 4.78 is 29.2. The highest BCUT2D eigenvalue weighted by Crippen LogP contribution is 2.32. The number of halogens is 2. The third kappa shape index (κ3) is 3.75. The Kier molecular flexibility index (Phi) is 5.06. The van der Waals surface area contributed by atoms with Crippen LogP contribution in [0.5, 0.6) is 0 Å². The summed E-state index contributed by atoms with van der Waals surface area (Å²) in [6.45, 7) is 1.41. The van der Waals surface area contributed by atoms with Crippen LogP contribution in [0, 0.1) is 0 Å². The number of rotatable bonds is 4. The van der Waals surface area contributed by atoms with Crippen molar-refractivity contribution in [2.75, 3.05) is 17.7 Å². The van der Waals surface area contributed by atoms with Crippen LogP contribution in [0.25, 0.3) is 0 Å². The van der Waals surface area contributed by atoms with Gasteiger partial charge in [-0.15, -0.1) is 0 Å². The summed E-state index contributed by atoms with van der Waals surface area (Å²) in [5.74, 6) is -0.693. The molecule has 0 fully saturated rings. The van der Waals surface area contributed by atoms with Gasteiger partial charge in [0.1, 0.15) is 6.04 Å². The standard InChI is InChI=1S/C11H13Cl2NO4S/c1-7(11(15)18-2)14(19(3,16)17)10-6-8(12)4-5-9(10)13/h4-7H,1-3H3/t7-/m1/s1. The SMILES string of the molecule is COC(=O)[C@@H](C)N(c1cc(Cl)ccc1Cl)S(C)(=O)=O. The van der Waals surface area contributed by atoms with Crippen LogP contribution in [0.4, 0.5) is 5.69 Å². The van der Waals surface area contributed by atoms with E-state index in [4.69, 9.17) is 23.2 Å². The van der Waals surface area contributed by atoms with Gasteiger partial charge >= 0.3 is 5.97 Å². The quantitative estimate of drug-likeness (QED) is 0.797. The first kappa shape index (κ1) is 16.1. The number of esters is 1. The Hall–Kier alpha value is -0.980. The van der Waals surface area contributed by atoms with Crippen LogP contribution in [0.3, 0.4) is 0 Å². The molecule has 1 aromatic carbocycles. The van der Waals surface area contributed by atoms with Gasteiger partial charge in [-0.2, -0.15) is 0 Å². The van der Waals surface area contributed by atoms with Crippen molar-refractivity contribution in [1.29, 1.82) is 0 Å². The maximum atomic E-state index is 11.9. The van der Waals surface area contributed by atoms with Crippen LogP contribution in [-0.4, -0.2) is 33.8 Å². The molecular weight excluding hydrogens is 313 g/mol. The Morgan fingerprint density at radius 1 is 1.37 bits per heavy atom. The second-order valence-electron chi connectivity index (χ2n) is 3.85. The minimum absolute atomic E-state index is 0.134. The highest BCUT2D eigenvalue weighted by Gasteiger charge is 2.31. The summed E-state index contributed by atoms with van der Waals surface area (Å²) in [6, 6.07) is 3.32. The van der Waals surface area contributed by atoms with E-state index < -0.39 is 22.0 Å². The minimum Gasteiger partial charge on any atom is -0.467 e. The summed E-state index contributed by atoms with van der Waals surface area (Å²) in [5.41, 5.74) is 0.134. The molecule has 0 spiro atoms. The predicted molar refractivity (Wildman–Crippen MR) is 75.3 cm³/mol. The topological polar surface area (TPSA) is 63.7 Å². The lowest BCUT2D eigenvalue weighted by Crippen LogP contribution is -2.43. The average Bonchev–Trinajstić information content (AvgIpc) is 2.31. The molecule has 1 aromatic rings. The number of nitrogens with zero attached hydrogens (tertiary/aromatic N) is 1. The molecule has 5 nitrogen and oxygen atoms in total. The fourth-order valence-corrected chi connectivity index (χ4v) is 3.19. The third-order valence-electron chi connectivity index (χ3n) is 2.40. The van der Waals surface area contributed by atoms with E-state index in [1.54, 1.807) is 0 Å². The van der Waals surface area contributed by atoms with Gasteiger partial charge in [0.05, 0.1) is 24.1 Å². The lowest BCUT2D eigenvalue weighted by molar-refractivity contribution is -0.141. The van der Waals surface area contributed by atoms with Gasteiger partial charge in [0.2, 0.25) is 10.0 Å². The van der Waals surface area contributed by atoms with Crippen molar-refractivity contribution in [1.82, 2.24) is 0 Å². The monoisotopic (exact) mass is 325 g/mol. The van der Waals surface area contributed by atoms with Crippen molar-refractivity contribution in [2.45, 2.75) is 13.0 Å². The summed E-state index contributed by atoms with van der Waals surface area (Å²) in [4.78, 5) is 11.6. The lowest BCUT2D eigenvalue weighted by atomic mass is 10.2. The van der Waals surface area contributed by atoms with E-state index in [0.717, 1.165) is 10.6 Å². The Balaban J connectivity index is 3.41. The Morgan fingerprint density at radius 2 is 1.95 bits per heavy atom. The van der Waals surface area contributed by atoms with Crippen molar-refractivity contribution in [3.05, 3.63) is 28.2 Å². The minimum atomic E-state index is -3.72. The van der Waals surface area contributed by atoms with E-state index in [1.165, 1.54) is 32.2 Å². The molecule has 0 aliphatic carbocycles. The maximum Gasteiger partial charge on any atom is 0.329 e. The van der Waals surface area contributed by atoms with Gasteiger partial charge in [-0.1, -0.05) is 23.2 Å². The first-order valence-corrected chi connectivity index (χ1v) is 7.81. The predicted octanol–water partition coefficient (Wildman–Crippen LogP) is 2.32. The van der Waals surface area contributed by atoms with Gasteiger partial charge in [-0.3, -0.25) is 4.31 Å². The molecule has 0 amide bonds. The number of methoxy groups -OCH3 is 1. The normalized spacial score (nSPS) is 12.9. The van der Waals surface area contributed by atoms with Crippen molar-refractivity contribution >= 4 is 44.9 Å². The van der Waals surface area contributed by atoms with Crippen LogP contribution >= 0.6 is 23.2 Å². The zero-order valence-electron chi connectivity index (χ0n) is 10.6. The van der Waals surface area contributed by atoms with Crippen LogP contribution in [0.2, 0.25) is 10.0 Å². The molecule has 0 unspecified atom stereocenters. The molecule has 19 heavy (non-hydrogen) atoms. The highest BCUT2D eigenvalue weighted by molar-refractivity contribution is 7.92. The Morgan fingerprint density at radius 3 is 2.42 bits per heavy atom. The first-order chi connectivity index (χ1) is 8.68. The summed E-state index contributed by atoms with van der Waals surface area (Å²) in [7, 11) is -2.54. The largest absolute Gasteiger partial charge is 0.467 e. The molecule has 1 rings (SSSR count). The average molecular weight is 326 g/mol. The van der Waals surface area contributed by atoms with Gasteiger partial charge in [-0.05, 0) is 25.1 Å². The molecule has 0 N–H and O–H groups in total. The maximum absolute atomic E-state index is 11.9. The number of ether oxygens (including phenoxy) is 1. The lowest BCUT2D eigenvalue weighted by Gasteiger charge is -2.28. The van der Waals surface area contributed by atoms with Crippen molar-refractivity contribution in [3.8, 4) is 0 Å². The Labute approximate surface area is 122 Å². The summed E-state index contributed by atoms with van der Waals surface area (Å²) in [5, 5.41) is 0.482. The molecule has 0 aromatic heterocycles. The first-order valence-electron chi connectivity index (χ1n) is 5.20. The zero-order valence-corrected chi connectivity index (χ0v) is 12.9. The zero-order chi connectivity index (χ0) is 14.8.